The molecule has 1 N–H and O–H groups in total. The zero-order valence-corrected chi connectivity index (χ0v) is 10.5. The molecule has 1 saturated heterocycles. The highest BCUT2D eigenvalue weighted by Crippen LogP contribution is 2.17. The summed E-state index contributed by atoms with van der Waals surface area (Å²) in [4.78, 5) is 27.9. The summed E-state index contributed by atoms with van der Waals surface area (Å²) in [5.74, 6) is 0.428. The number of carbonyl (C=O) groups excluding carboxylic acids is 1. The second-order valence-electron chi connectivity index (χ2n) is 4.54. The molecule has 0 saturated carbocycles. The quantitative estimate of drug-likeness (QED) is 0.832. The van der Waals surface area contributed by atoms with Crippen LogP contribution in [-0.4, -0.2) is 28.9 Å². The van der Waals surface area contributed by atoms with Crippen LogP contribution < -0.4 is 5.56 Å². The van der Waals surface area contributed by atoms with Crippen molar-refractivity contribution in [1.29, 1.82) is 0 Å². The van der Waals surface area contributed by atoms with Gasteiger partial charge in [0, 0.05) is 19.3 Å². The van der Waals surface area contributed by atoms with E-state index in [1.54, 1.807) is 4.90 Å². The van der Waals surface area contributed by atoms with Crippen molar-refractivity contribution in [3.8, 4) is 0 Å². The van der Waals surface area contributed by atoms with Crippen LogP contribution in [0.15, 0.2) is 17.1 Å². The number of pyridine rings is 1. The zero-order valence-electron chi connectivity index (χ0n) is 9.70. The van der Waals surface area contributed by atoms with Crippen molar-refractivity contribution in [2.24, 2.45) is 5.92 Å². The fourth-order valence-electron chi connectivity index (χ4n) is 2.00. The number of aromatic nitrogens is 1. The maximum Gasteiger partial charge on any atom is 0.260 e. The summed E-state index contributed by atoms with van der Waals surface area (Å²) in [5.41, 5.74) is -0.245. The number of piperidine rings is 1. The van der Waals surface area contributed by atoms with Crippen molar-refractivity contribution in [2.45, 2.75) is 19.8 Å². The summed E-state index contributed by atoms with van der Waals surface area (Å²) in [6.07, 6.45) is 3.37. The number of rotatable bonds is 1. The van der Waals surface area contributed by atoms with E-state index < -0.39 is 0 Å². The van der Waals surface area contributed by atoms with Crippen LogP contribution in [0.5, 0.6) is 0 Å². The molecule has 0 aliphatic carbocycles. The molecule has 92 valence electrons. The van der Waals surface area contributed by atoms with Crippen molar-refractivity contribution in [2.75, 3.05) is 13.1 Å². The van der Waals surface area contributed by atoms with E-state index in [0.717, 1.165) is 12.8 Å². The Balaban J connectivity index is 2.19. The van der Waals surface area contributed by atoms with Gasteiger partial charge in [-0.05, 0) is 24.8 Å². The van der Waals surface area contributed by atoms with Gasteiger partial charge in [0.2, 0.25) is 0 Å². The molecule has 4 nitrogen and oxygen atoms in total. The third-order valence-electron chi connectivity index (χ3n) is 3.17. The highest BCUT2D eigenvalue weighted by Gasteiger charge is 2.23. The SMILES string of the molecule is CC1CCN(C(=O)c2cc(Cl)c[nH]c2=O)CC1. The van der Waals surface area contributed by atoms with E-state index in [4.69, 9.17) is 11.6 Å². The second kappa shape index (κ2) is 4.92. The van der Waals surface area contributed by atoms with Gasteiger partial charge in [-0.3, -0.25) is 9.59 Å². The summed E-state index contributed by atoms with van der Waals surface area (Å²) in [5, 5.41) is 0.373. The Morgan fingerprint density at radius 2 is 2.12 bits per heavy atom. The fourth-order valence-corrected chi connectivity index (χ4v) is 2.16. The van der Waals surface area contributed by atoms with Crippen molar-refractivity contribution in [1.82, 2.24) is 9.88 Å². The molecule has 17 heavy (non-hydrogen) atoms. The minimum atomic E-state index is -0.377. The fraction of sp³-hybridized carbons (Fsp3) is 0.500. The van der Waals surface area contributed by atoms with E-state index in [1.165, 1.54) is 12.3 Å². The number of nitrogens with one attached hydrogen (secondary N) is 1. The van der Waals surface area contributed by atoms with Gasteiger partial charge < -0.3 is 9.88 Å². The molecule has 2 rings (SSSR count). The summed E-state index contributed by atoms with van der Waals surface area (Å²) in [6.45, 7) is 3.60. The third kappa shape index (κ3) is 2.69. The molecule has 1 aromatic rings. The second-order valence-corrected chi connectivity index (χ2v) is 4.97. The monoisotopic (exact) mass is 254 g/mol. The van der Waals surface area contributed by atoms with E-state index in [9.17, 15) is 9.59 Å². The molecule has 1 aliphatic heterocycles. The van der Waals surface area contributed by atoms with Crippen LogP contribution in [0.4, 0.5) is 0 Å². The van der Waals surface area contributed by atoms with E-state index in [1.807, 2.05) is 0 Å². The Morgan fingerprint density at radius 3 is 2.76 bits per heavy atom. The van der Waals surface area contributed by atoms with Gasteiger partial charge in [0.05, 0.1) is 5.02 Å². The predicted octanol–water partition coefficient (Wildman–Crippen LogP) is 1.90. The van der Waals surface area contributed by atoms with Crippen molar-refractivity contribution in [3.05, 3.63) is 33.2 Å². The predicted molar refractivity (Wildman–Crippen MR) is 66.4 cm³/mol. The molecule has 0 atom stereocenters. The first-order valence-electron chi connectivity index (χ1n) is 5.75. The number of hydrogen-bond acceptors (Lipinski definition) is 2. The molecule has 0 spiro atoms. The summed E-state index contributed by atoms with van der Waals surface area (Å²) >= 11 is 5.78. The van der Waals surface area contributed by atoms with Crippen LogP contribution >= 0.6 is 11.6 Å². The number of aromatic amines is 1. The Morgan fingerprint density at radius 1 is 1.47 bits per heavy atom. The van der Waals surface area contributed by atoms with E-state index in [2.05, 4.69) is 11.9 Å². The molecule has 1 aliphatic rings. The molecule has 0 radical (unpaired) electrons. The average molecular weight is 255 g/mol. The molecular weight excluding hydrogens is 240 g/mol. The van der Waals surface area contributed by atoms with Crippen LogP contribution in [0.3, 0.4) is 0 Å². The topological polar surface area (TPSA) is 53.2 Å². The molecule has 1 fully saturated rings. The van der Waals surface area contributed by atoms with Gasteiger partial charge in [0.15, 0.2) is 0 Å². The smallest absolute Gasteiger partial charge is 0.260 e. The van der Waals surface area contributed by atoms with Gasteiger partial charge in [-0.1, -0.05) is 18.5 Å². The zero-order chi connectivity index (χ0) is 12.4. The van der Waals surface area contributed by atoms with Gasteiger partial charge >= 0.3 is 0 Å². The molecule has 5 heteroatoms. The molecular formula is C12H15ClN2O2. The van der Waals surface area contributed by atoms with E-state index >= 15 is 0 Å². The Labute approximate surface area is 105 Å². The minimum absolute atomic E-state index is 0.132. The first-order chi connectivity index (χ1) is 8.08. The normalized spacial score (nSPS) is 17.2. The average Bonchev–Trinajstić information content (AvgIpc) is 2.32. The number of halogens is 1. The molecule has 1 amide bonds. The van der Waals surface area contributed by atoms with E-state index in [-0.39, 0.29) is 17.0 Å². The Bertz CT molecular complexity index is 476. The highest BCUT2D eigenvalue weighted by atomic mass is 35.5. The van der Waals surface area contributed by atoms with Gasteiger partial charge in [-0.15, -0.1) is 0 Å². The van der Waals surface area contributed by atoms with Gasteiger partial charge in [-0.25, -0.2) is 0 Å². The van der Waals surface area contributed by atoms with Crippen molar-refractivity contribution in [3.63, 3.8) is 0 Å². The molecule has 0 bridgehead atoms. The lowest BCUT2D eigenvalue weighted by atomic mass is 9.99. The third-order valence-corrected chi connectivity index (χ3v) is 3.39. The number of amides is 1. The highest BCUT2D eigenvalue weighted by molar-refractivity contribution is 6.30. The van der Waals surface area contributed by atoms with Crippen LogP contribution in [0.1, 0.15) is 30.1 Å². The Hall–Kier alpha value is -1.29. The molecule has 0 aromatic carbocycles. The lowest BCUT2D eigenvalue weighted by molar-refractivity contribution is 0.0695. The molecule has 1 aromatic heterocycles. The summed E-state index contributed by atoms with van der Waals surface area (Å²) in [6, 6.07) is 1.43. The summed E-state index contributed by atoms with van der Waals surface area (Å²) < 4.78 is 0. The number of nitrogens with zero attached hydrogens (tertiary/aromatic N) is 1. The van der Waals surface area contributed by atoms with E-state index in [0.29, 0.717) is 24.0 Å². The number of H-pyrrole nitrogens is 1. The van der Waals surface area contributed by atoms with Crippen molar-refractivity contribution < 1.29 is 4.79 Å². The summed E-state index contributed by atoms with van der Waals surface area (Å²) in [7, 11) is 0. The van der Waals surface area contributed by atoms with Gasteiger partial charge in [-0.2, -0.15) is 0 Å². The van der Waals surface area contributed by atoms with Crippen LogP contribution in [0, 0.1) is 5.92 Å². The first-order valence-corrected chi connectivity index (χ1v) is 6.13. The maximum atomic E-state index is 12.1. The number of likely N-dealkylation sites (tertiary alicyclic amines) is 1. The standard InChI is InChI=1S/C12H15ClN2O2/c1-8-2-4-15(5-3-8)12(17)10-6-9(13)7-14-11(10)16/h6-8H,2-5H2,1H3,(H,14,16). The van der Waals surface area contributed by atoms with Crippen molar-refractivity contribution >= 4 is 17.5 Å². The number of carbonyl (C=O) groups is 1. The van der Waals surface area contributed by atoms with Crippen LogP contribution in [0.25, 0.3) is 0 Å². The van der Waals surface area contributed by atoms with Crippen LogP contribution in [-0.2, 0) is 0 Å². The molecule has 2 heterocycles. The molecule has 0 unspecified atom stereocenters. The maximum absolute atomic E-state index is 12.1. The van der Waals surface area contributed by atoms with Crippen LogP contribution in [0.2, 0.25) is 5.02 Å². The minimum Gasteiger partial charge on any atom is -0.338 e. The first kappa shape index (κ1) is 12.2. The number of hydrogen-bond donors (Lipinski definition) is 1. The Kier molecular flexibility index (Phi) is 3.52. The largest absolute Gasteiger partial charge is 0.338 e. The van der Waals surface area contributed by atoms with Gasteiger partial charge in [0.1, 0.15) is 5.56 Å². The lowest BCUT2D eigenvalue weighted by Crippen LogP contribution is -2.40. The lowest BCUT2D eigenvalue weighted by Gasteiger charge is -2.30. The van der Waals surface area contributed by atoms with Gasteiger partial charge in [0.25, 0.3) is 11.5 Å².